The van der Waals surface area contributed by atoms with Crippen molar-refractivity contribution in [1.29, 1.82) is 0 Å². The van der Waals surface area contributed by atoms with Gasteiger partial charge in [0.05, 0.1) is 18.1 Å². The number of nitrogens with zero attached hydrogens (tertiary/aromatic N) is 1. The molecule has 2 amide bonds. The Morgan fingerprint density at radius 3 is 2.47 bits per heavy atom. The van der Waals surface area contributed by atoms with Gasteiger partial charge < -0.3 is 25.7 Å². The Kier molecular flexibility index (Phi) is 10.1. The first-order valence-corrected chi connectivity index (χ1v) is 15.4. The highest BCUT2D eigenvalue weighted by molar-refractivity contribution is 7.99. The number of carboxylic acids is 1. The molecule has 1 spiro atoms. The van der Waals surface area contributed by atoms with Gasteiger partial charge in [-0.05, 0) is 55.5 Å². The van der Waals surface area contributed by atoms with Crippen molar-refractivity contribution in [3.8, 4) is 0 Å². The summed E-state index contributed by atoms with van der Waals surface area (Å²) in [5.41, 5.74) is 2.80. The quantitative estimate of drug-likeness (QED) is 0.356. The van der Waals surface area contributed by atoms with E-state index in [1.165, 1.54) is 69.2 Å². The molecule has 1 saturated heterocycles. The number of hydrogen-bond donors (Lipinski definition) is 4. The van der Waals surface area contributed by atoms with Gasteiger partial charge >= 0.3 is 5.97 Å². The molecule has 2 fully saturated rings. The minimum absolute atomic E-state index is 0.0720. The van der Waals surface area contributed by atoms with E-state index < -0.39 is 29.4 Å². The molecule has 1 aliphatic carbocycles. The number of carboxylic acid groups (broad SMARTS) is 1. The molecule has 2 heterocycles. The Labute approximate surface area is 230 Å². The molecule has 1 saturated carbocycles. The molecule has 0 bridgehead atoms. The van der Waals surface area contributed by atoms with Gasteiger partial charge in [-0.3, -0.25) is 9.59 Å². The maximum atomic E-state index is 13.9. The number of amides is 2. The van der Waals surface area contributed by atoms with E-state index in [2.05, 4.69) is 28.8 Å². The van der Waals surface area contributed by atoms with Crippen molar-refractivity contribution >= 4 is 35.2 Å². The Balaban J connectivity index is 1.46. The van der Waals surface area contributed by atoms with Crippen molar-refractivity contribution in [3.63, 3.8) is 0 Å². The standard InChI is InChI=1S/C29H43N3O5S/c1-20(33)31-25(27(35)36)19-38-18-23(34)17-32-26-10-9-22(15-21-7-5-3-2-4-6-8-21)16-24(26)29(28(32)37)11-13-30-14-12-29/h9-10,16,21,23,25,30,34H,2-8,11-15,17-19H2,1H3,(H,31,33)(H,35,36)/t23?,25-/m0/s1. The van der Waals surface area contributed by atoms with Crippen molar-refractivity contribution in [2.24, 2.45) is 5.92 Å². The number of anilines is 1. The minimum atomic E-state index is -1.10. The lowest BCUT2D eigenvalue weighted by Crippen LogP contribution is -2.49. The number of fused-ring (bicyclic) bond motifs is 2. The number of hydrogen-bond acceptors (Lipinski definition) is 6. The van der Waals surface area contributed by atoms with Crippen molar-refractivity contribution in [2.45, 2.75) is 88.7 Å². The number of carbonyl (C=O) groups excluding carboxylic acids is 2. The molecule has 3 aliphatic rings. The Morgan fingerprint density at radius 1 is 1.13 bits per heavy atom. The fourth-order valence-corrected chi connectivity index (χ4v) is 7.39. The first-order chi connectivity index (χ1) is 18.3. The van der Waals surface area contributed by atoms with Gasteiger partial charge in [-0.1, -0.05) is 57.1 Å². The lowest BCUT2D eigenvalue weighted by Gasteiger charge is -2.33. The van der Waals surface area contributed by atoms with Crippen LogP contribution < -0.4 is 15.5 Å². The van der Waals surface area contributed by atoms with Crippen LogP contribution in [0, 0.1) is 5.92 Å². The van der Waals surface area contributed by atoms with Crippen LogP contribution in [0.2, 0.25) is 0 Å². The van der Waals surface area contributed by atoms with Gasteiger partial charge in [0.2, 0.25) is 11.8 Å². The fraction of sp³-hybridized carbons (Fsp3) is 0.690. The number of rotatable bonds is 10. The van der Waals surface area contributed by atoms with Crippen LogP contribution in [0.3, 0.4) is 0 Å². The average Bonchev–Trinajstić information content (AvgIpc) is 3.07. The van der Waals surface area contributed by atoms with Crippen molar-refractivity contribution in [3.05, 3.63) is 29.3 Å². The summed E-state index contributed by atoms with van der Waals surface area (Å²) in [7, 11) is 0. The van der Waals surface area contributed by atoms with Gasteiger partial charge in [-0.25, -0.2) is 4.79 Å². The van der Waals surface area contributed by atoms with E-state index in [1.807, 2.05) is 0 Å². The summed E-state index contributed by atoms with van der Waals surface area (Å²) in [6, 6.07) is 5.53. The monoisotopic (exact) mass is 545 g/mol. The lowest BCUT2D eigenvalue weighted by molar-refractivity contribution is -0.140. The topological polar surface area (TPSA) is 119 Å². The molecule has 1 aromatic rings. The van der Waals surface area contributed by atoms with Crippen LogP contribution in [-0.2, 0) is 26.2 Å². The predicted molar refractivity (Wildman–Crippen MR) is 151 cm³/mol. The molecule has 1 unspecified atom stereocenters. The number of aliphatic carboxylic acids is 1. The van der Waals surface area contributed by atoms with Gasteiger partial charge in [-0.2, -0.15) is 11.8 Å². The van der Waals surface area contributed by atoms with Crippen molar-refractivity contribution in [1.82, 2.24) is 10.6 Å². The summed E-state index contributed by atoms with van der Waals surface area (Å²) >= 11 is 1.26. The first kappa shape index (κ1) is 28.9. The van der Waals surface area contributed by atoms with Crippen LogP contribution in [0.1, 0.15) is 75.8 Å². The van der Waals surface area contributed by atoms with E-state index in [4.69, 9.17) is 0 Å². The van der Waals surface area contributed by atoms with Crippen molar-refractivity contribution in [2.75, 3.05) is 36.0 Å². The number of nitrogens with one attached hydrogen (secondary N) is 2. The van der Waals surface area contributed by atoms with Gasteiger partial charge in [0, 0.05) is 24.1 Å². The predicted octanol–water partition coefficient (Wildman–Crippen LogP) is 3.24. The molecule has 210 valence electrons. The van der Waals surface area contributed by atoms with Gasteiger partial charge in [0.15, 0.2) is 0 Å². The molecule has 0 aromatic heterocycles. The minimum Gasteiger partial charge on any atom is -0.480 e. The summed E-state index contributed by atoms with van der Waals surface area (Å²) in [4.78, 5) is 38.3. The second kappa shape index (κ2) is 13.3. The Hall–Kier alpha value is -2.10. The zero-order valence-electron chi connectivity index (χ0n) is 22.5. The molecule has 2 atom stereocenters. The lowest BCUT2D eigenvalue weighted by atomic mass is 9.73. The number of benzene rings is 1. The normalized spacial score (nSPS) is 21.4. The van der Waals surface area contributed by atoms with Crippen LogP contribution in [0.5, 0.6) is 0 Å². The SMILES string of the molecule is CC(=O)N[C@@H](CSCC(O)CN1C(=O)C2(CCNCC2)c2cc(CC3CCCCCCC3)ccc21)C(=O)O. The largest absolute Gasteiger partial charge is 0.480 e. The van der Waals surface area contributed by atoms with Gasteiger partial charge in [0.25, 0.3) is 0 Å². The van der Waals surface area contributed by atoms with E-state index >= 15 is 0 Å². The maximum Gasteiger partial charge on any atom is 0.327 e. The molecule has 9 heteroatoms. The third-order valence-electron chi connectivity index (χ3n) is 8.39. The number of carbonyl (C=O) groups is 3. The second-order valence-electron chi connectivity index (χ2n) is 11.3. The molecule has 0 radical (unpaired) electrons. The highest BCUT2D eigenvalue weighted by Crippen LogP contribution is 2.47. The molecular weight excluding hydrogens is 502 g/mol. The van der Waals surface area contributed by atoms with E-state index in [0.29, 0.717) is 5.92 Å². The molecule has 8 nitrogen and oxygen atoms in total. The number of piperidine rings is 1. The van der Waals surface area contributed by atoms with Gasteiger partial charge in [-0.15, -0.1) is 0 Å². The van der Waals surface area contributed by atoms with Crippen LogP contribution in [0.25, 0.3) is 0 Å². The summed E-state index contributed by atoms with van der Waals surface area (Å²) in [6.07, 6.45) is 11.0. The third-order valence-corrected chi connectivity index (χ3v) is 9.58. The smallest absolute Gasteiger partial charge is 0.327 e. The van der Waals surface area contributed by atoms with E-state index in [1.54, 1.807) is 4.90 Å². The number of aliphatic hydroxyl groups is 1. The van der Waals surface area contributed by atoms with Crippen LogP contribution in [0.4, 0.5) is 5.69 Å². The van der Waals surface area contributed by atoms with Crippen molar-refractivity contribution < 1.29 is 24.6 Å². The zero-order valence-corrected chi connectivity index (χ0v) is 23.4. The molecule has 4 rings (SSSR count). The maximum absolute atomic E-state index is 13.9. The number of aliphatic hydroxyl groups excluding tert-OH is 1. The molecule has 38 heavy (non-hydrogen) atoms. The van der Waals surface area contributed by atoms with E-state index in [0.717, 1.165) is 43.6 Å². The number of β-amino-alcohol motifs (C(OH)–C–C–N with tert-alkyl or cyclic N) is 1. The average molecular weight is 546 g/mol. The van der Waals surface area contributed by atoms with Gasteiger partial charge in [0.1, 0.15) is 6.04 Å². The third kappa shape index (κ3) is 6.90. The molecule has 4 N–H and O–H groups in total. The molecule has 2 aliphatic heterocycles. The van der Waals surface area contributed by atoms with E-state index in [9.17, 15) is 24.6 Å². The highest BCUT2D eigenvalue weighted by atomic mass is 32.2. The summed E-state index contributed by atoms with van der Waals surface area (Å²) in [5.74, 6) is -0.305. The molecular formula is C29H43N3O5S. The first-order valence-electron chi connectivity index (χ1n) is 14.2. The van der Waals surface area contributed by atoms with Crippen LogP contribution in [0.15, 0.2) is 18.2 Å². The second-order valence-corrected chi connectivity index (χ2v) is 12.4. The van der Waals surface area contributed by atoms with E-state index in [-0.39, 0.29) is 24.0 Å². The van der Waals surface area contributed by atoms with Crippen LogP contribution in [-0.4, -0.2) is 71.3 Å². The summed E-state index contributed by atoms with van der Waals surface area (Å²) in [5, 5.41) is 25.9. The fourth-order valence-electron chi connectivity index (χ4n) is 6.41. The number of thioether (sulfide) groups is 1. The summed E-state index contributed by atoms with van der Waals surface area (Å²) < 4.78 is 0. The zero-order chi connectivity index (χ0) is 27.1. The highest BCUT2D eigenvalue weighted by Gasteiger charge is 2.51. The Bertz CT molecular complexity index is 988. The Morgan fingerprint density at radius 2 is 1.82 bits per heavy atom. The van der Waals surface area contributed by atoms with Crippen LogP contribution >= 0.6 is 11.8 Å². The summed E-state index contributed by atoms with van der Waals surface area (Å²) in [6.45, 7) is 3.05. The molecule has 1 aromatic carbocycles.